The fourth-order valence-electron chi connectivity index (χ4n) is 3.23. The van der Waals surface area contributed by atoms with Gasteiger partial charge in [-0.25, -0.2) is 4.79 Å². The topological polar surface area (TPSA) is 78.9 Å². The van der Waals surface area contributed by atoms with E-state index in [0.29, 0.717) is 39.2 Å². The average molecular weight is 392 g/mol. The summed E-state index contributed by atoms with van der Waals surface area (Å²) in [5, 5.41) is 1.33. The minimum Gasteiger partial charge on any atom is -0.479 e. The predicted molar refractivity (Wildman–Crippen MR) is 109 cm³/mol. The van der Waals surface area contributed by atoms with Crippen LogP contribution < -0.4 is 10.2 Å². The maximum atomic E-state index is 13.0. The van der Waals surface area contributed by atoms with Gasteiger partial charge in [-0.2, -0.15) is 0 Å². The molecule has 0 bridgehead atoms. The highest BCUT2D eigenvalue weighted by Crippen LogP contribution is 2.30. The van der Waals surface area contributed by atoms with Crippen LogP contribution in [0.25, 0.3) is 33.3 Å². The van der Waals surface area contributed by atoms with E-state index in [9.17, 15) is 9.59 Å². The monoisotopic (exact) mass is 392 g/mol. The summed E-state index contributed by atoms with van der Waals surface area (Å²) in [6.07, 6.45) is 0.626. The van der Waals surface area contributed by atoms with E-state index in [1.54, 1.807) is 32.9 Å². The summed E-state index contributed by atoms with van der Waals surface area (Å²) >= 11 is 0. The summed E-state index contributed by atoms with van der Waals surface area (Å²) in [6, 6.07) is 12.7. The van der Waals surface area contributed by atoms with Crippen LogP contribution >= 0.6 is 0 Å². The third-order valence-corrected chi connectivity index (χ3v) is 4.75. The summed E-state index contributed by atoms with van der Waals surface area (Å²) in [5.41, 5.74) is 1.89. The van der Waals surface area contributed by atoms with Gasteiger partial charge < -0.3 is 18.3 Å². The van der Waals surface area contributed by atoms with Gasteiger partial charge in [-0.15, -0.1) is 0 Å². The van der Waals surface area contributed by atoms with Crippen LogP contribution in [0.5, 0.6) is 5.75 Å². The molecule has 0 saturated heterocycles. The molecule has 0 radical (unpaired) electrons. The smallest absolute Gasteiger partial charge is 0.347 e. The molecule has 0 aliphatic carbocycles. The lowest BCUT2D eigenvalue weighted by molar-refractivity contribution is -0.150. The molecule has 6 nitrogen and oxygen atoms in total. The van der Waals surface area contributed by atoms with Crippen LogP contribution in [-0.4, -0.2) is 18.7 Å². The van der Waals surface area contributed by atoms with Gasteiger partial charge in [0.25, 0.3) is 0 Å². The number of hydrogen-bond acceptors (Lipinski definition) is 6. The van der Waals surface area contributed by atoms with E-state index in [-0.39, 0.29) is 12.0 Å². The van der Waals surface area contributed by atoms with Crippen LogP contribution in [0.2, 0.25) is 0 Å². The van der Waals surface area contributed by atoms with Gasteiger partial charge >= 0.3 is 5.97 Å². The number of para-hydroxylation sites is 1. The lowest BCUT2D eigenvalue weighted by atomic mass is 10.1. The van der Waals surface area contributed by atoms with Crippen LogP contribution in [-0.2, 0) is 9.53 Å². The number of ether oxygens (including phenoxy) is 2. The van der Waals surface area contributed by atoms with Crippen molar-refractivity contribution in [2.75, 3.05) is 6.61 Å². The zero-order valence-electron chi connectivity index (χ0n) is 16.4. The van der Waals surface area contributed by atoms with Gasteiger partial charge in [0.1, 0.15) is 34.5 Å². The normalized spacial score (nSPS) is 12.2. The van der Waals surface area contributed by atoms with E-state index >= 15 is 0 Å². The zero-order chi connectivity index (χ0) is 20.5. The number of esters is 1. The molecule has 2 aromatic carbocycles. The van der Waals surface area contributed by atoms with E-state index in [0.717, 1.165) is 5.39 Å². The highest BCUT2D eigenvalue weighted by atomic mass is 16.6. The standard InChI is InChI=1S/C23H20O6/c1-4-26-23(25)14(3)28-18-10-9-16-21(24)17(12-27-22(16)13(18)2)20-11-15-7-5-6-8-19(15)29-20/h5-12,14H,4H2,1-3H3/t14-/m0/s1. The SMILES string of the molecule is CCOC(=O)[C@H](C)Oc1ccc2c(=O)c(-c3cc4ccccc4o3)coc2c1C. The molecule has 4 rings (SSSR count). The average Bonchev–Trinajstić information content (AvgIpc) is 3.14. The van der Waals surface area contributed by atoms with E-state index in [4.69, 9.17) is 18.3 Å². The molecule has 0 saturated carbocycles. The Morgan fingerprint density at radius 2 is 1.97 bits per heavy atom. The largest absolute Gasteiger partial charge is 0.479 e. The second kappa shape index (κ2) is 7.47. The Bertz CT molecular complexity index is 1230. The molecule has 2 heterocycles. The Kier molecular flexibility index (Phi) is 4.84. The minimum absolute atomic E-state index is 0.196. The molecule has 148 valence electrons. The minimum atomic E-state index is -0.771. The number of furan rings is 1. The van der Waals surface area contributed by atoms with Gasteiger partial charge in [0, 0.05) is 10.9 Å². The molecule has 6 heteroatoms. The number of fused-ring (bicyclic) bond motifs is 2. The molecule has 0 aliphatic heterocycles. The molecule has 4 aromatic rings. The zero-order valence-corrected chi connectivity index (χ0v) is 16.4. The molecule has 0 fully saturated rings. The molecule has 0 spiro atoms. The lowest BCUT2D eigenvalue weighted by Gasteiger charge is -2.15. The van der Waals surface area contributed by atoms with Crippen molar-refractivity contribution in [2.24, 2.45) is 0 Å². The highest BCUT2D eigenvalue weighted by molar-refractivity contribution is 5.87. The number of carbonyl (C=O) groups excluding carboxylic acids is 1. The van der Waals surface area contributed by atoms with E-state index in [2.05, 4.69) is 0 Å². The van der Waals surface area contributed by atoms with Crippen molar-refractivity contribution in [1.82, 2.24) is 0 Å². The summed E-state index contributed by atoms with van der Waals surface area (Å²) in [6.45, 7) is 5.41. The molecule has 1 atom stereocenters. The highest BCUT2D eigenvalue weighted by Gasteiger charge is 2.20. The third kappa shape index (κ3) is 3.38. The Balaban J connectivity index is 1.74. The Labute approximate surface area is 166 Å². The molecule has 0 aliphatic rings. The van der Waals surface area contributed by atoms with Crippen molar-refractivity contribution in [3.05, 3.63) is 64.5 Å². The third-order valence-electron chi connectivity index (χ3n) is 4.75. The van der Waals surface area contributed by atoms with Crippen LogP contribution in [0.4, 0.5) is 0 Å². The van der Waals surface area contributed by atoms with Crippen LogP contribution in [0.15, 0.2) is 62.4 Å². The number of benzene rings is 2. The molecular weight excluding hydrogens is 372 g/mol. The summed E-state index contributed by atoms with van der Waals surface area (Å²) < 4.78 is 22.3. The molecule has 2 aromatic heterocycles. The first-order valence-corrected chi connectivity index (χ1v) is 9.37. The molecule has 0 N–H and O–H groups in total. The Morgan fingerprint density at radius 1 is 1.17 bits per heavy atom. The quantitative estimate of drug-likeness (QED) is 0.452. The van der Waals surface area contributed by atoms with Crippen molar-refractivity contribution >= 4 is 27.9 Å². The van der Waals surface area contributed by atoms with Gasteiger partial charge in [0.05, 0.1) is 12.0 Å². The summed E-state index contributed by atoms with van der Waals surface area (Å²) in [5.74, 6) is 0.460. The number of aryl methyl sites for hydroxylation is 1. The van der Waals surface area contributed by atoms with Gasteiger partial charge in [-0.3, -0.25) is 4.79 Å². The fraction of sp³-hybridized carbons (Fsp3) is 0.217. The van der Waals surface area contributed by atoms with Gasteiger partial charge in [-0.05, 0) is 45.0 Å². The maximum Gasteiger partial charge on any atom is 0.347 e. The van der Waals surface area contributed by atoms with Gasteiger partial charge in [-0.1, -0.05) is 18.2 Å². The maximum absolute atomic E-state index is 13.0. The number of rotatable bonds is 5. The Hall–Kier alpha value is -3.54. The second-order valence-electron chi connectivity index (χ2n) is 6.70. The van der Waals surface area contributed by atoms with E-state index in [1.807, 2.05) is 30.3 Å². The molecule has 0 amide bonds. The van der Waals surface area contributed by atoms with Gasteiger partial charge in [0.2, 0.25) is 5.43 Å². The summed E-state index contributed by atoms with van der Waals surface area (Å²) in [4.78, 5) is 24.9. The van der Waals surface area contributed by atoms with Crippen LogP contribution in [0.1, 0.15) is 19.4 Å². The fourth-order valence-corrected chi connectivity index (χ4v) is 3.23. The molecule has 29 heavy (non-hydrogen) atoms. The summed E-state index contributed by atoms with van der Waals surface area (Å²) in [7, 11) is 0. The van der Waals surface area contributed by atoms with Crippen molar-refractivity contribution < 1.29 is 23.1 Å². The lowest BCUT2D eigenvalue weighted by Crippen LogP contribution is -2.26. The first-order chi connectivity index (χ1) is 14.0. The van der Waals surface area contributed by atoms with Crippen molar-refractivity contribution in [1.29, 1.82) is 0 Å². The Morgan fingerprint density at radius 3 is 2.72 bits per heavy atom. The van der Waals surface area contributed by atoms with E-state index < -0.39 is 12.1 Å². The van der Waals surface area contributed by atoms with E-state index in [1.165, 1.54) is 6.26 Å². The van der Waals surface area contributed by atoms with Crippen LogP contribution in [0.3, 0.4) is 0 Å². The molecular formula is C23H20O6. The van der Waals surface area contributed by atoms with Crippen LogP contribution in [0, 0.1) is 6.92 Å². The number of carbonyl (C=O) groups is 1. The van der Waals surface area contributed by atoms with Crippen molar-refractivity contribution in [3.63, 3.8) is 0 Å². The first-order valence-electron chi connectivity index (χ1n) is 9.37. The number of hydrogen-bond donors (Lipinski definition) is 0. The van der Waals surface area contributed by atoms with Crippen molar-refractivity contribution in [3.8, 4) is 17.1 Å². The predicted octanol–water partition coefficient (Wildman–Crippen LogP) is 4.85. The van der Waals surface area contributed by atoms with Gasteiger partial charge in [0.15, 0.2) is 6.10 Å². The second-order valence-corrected chi connectivity index (χ2v) is 6.70. The van der Waals surface area contributed by atoms with Crippen molar-refractivity contribution in [2.45, 2.75) is 26.9 Å². The first kappa shape index (κ1) is 18.8. The molecule has 0 unspecified atom stereocenters.